The fourth-order valence-electron chi connectivity index (χ4n) is 1.58. The zero-order chi connectivity index (χ0) is 12.4. The molecule has 17 heavy (non-hydrogen) atoms. The molecule has 0 aliphatic heterocycles. The minimum atomic E-state index is -0.442. The molecule has 1 amide bonds. The number of carbonyl (C=O) groups excluding carboxylic acids is 1. The predicted octanol–water partition coefficient (Wildman–Crippen LogP) is 3.38. The van der Waals surface area contributed by atoms with E-state index in [1.165, 1.54) is 25.0 Å². The lowest BCUT2D eigenvalue weighted by Gasteiger charge is -2.10. The first kappa shape index (κ1) is 12.8. The van der Waals surface area contributed by atoms with Crippen LogP contribution in [0.3, 0.4) is 0 Å². The fraction of sp³-hybridized carbons (Fsp3) is 0.417. The van der Waals surface area contributed by atoms with E-state index in [0.717, 1.165) is 6.07 Å². The van der Waals surface area contributed by atoms with Crippen LogP contribution in [-0.4, -0.2) is 17.3 Å². The van der Waals surface area contributed by atoms with Gasteiger partial charge in [0.1, 0.15) is 5.82 Å². The lowest BCUT2D eigenvalue weighted by atomic mass is 10.2. The van der Waals surface area contributed by atoms with Gasteiger partial charge in [-0.25, -0.2) is 4.39 Å². The number of halogens is 3. The van der Waals surface area contributed by atoms with E-state index in [2.05, 4.69) is 21.2 Å². The first-order valence-electron chi connectivity index (χ1n) is 5.45. The number of benzene rings is 1. The van der Waals surface area contributed by atoms with E-state index in [9.17, 15) is 9.18 Å². The second-order valence-electron chi connectivity index (χ2n) is 4.19. The van der Waals surface area contributed by atoms with Gasteiger partial charge in [-0.3, -0.25) is 4.79 Å². The monoisotopic (exact) mass is 319 g/mol. The molecule has 1 aromatic carbocycles. The second-order valence-corrected chi connectivity index (χ2v) is 5.77. The van der Waals surface area contributed by atoms with Crippen LogP contribution in [0, 0.1) is 11.7 Å². The maximum absolute atomic E-state index is 12.8. The Kier molecular flexibility index (Phi) is 4.05. The average molecular weight is 321 g/mol. The molecule has 1 atom stereocenters. The molecule has 1 aliphatic carbocycles. The Morgan fingerprint density at radius 1 is 1.59 bits per heavy atom. The van der Waals surface area contributed by atoms with Crippen molar-refractivity contribution in [2.24, 2.45) is 5.92 Å². The van der Waals surface area contributed by atoms with Gasteiger partial charge in [0.05, 0.1) is 10.6 Å². The lowest BCUT2D eigenvalue weighted by Crippen LogP contribution is -2.30. The molecule has 0 spiro atoms. The van der Waals surface area contributed by atoms with Gasteiger partial charge in [0, 0.05) is 11.4 Å². The molecule has 0 bridgehead atoms. The molecular formula is C12H12BrClFNO. The lowest BCUT2D eigenvalue weighted by molar-refractivity contribution is 0.0953. The third-order valence-electron chi connectivity index (χ3n) is 2.77. The Morgan fingerprint density at radius 3 is 2.88 bits per heavy atom. The first-order valence-corrected chi connectivity index (χ1v) is 6.74. The topological polar surface area (TPSA) is 29.1 Å². The van der Waals surface area contributed by atoms with E-state index in [-0.39, 0.29) is 10.9 Å². The Morgan fingerprint density at radius 2 is 2.29 bits per heavy atom. The van der Waals surface area contributed by atoms with Crippen LogP contribution >= 0.6 is 27.5 Å². The van der Waals surface area contributed by atoms with Crippen LogP contribution in [0.2, 0.25) is 5.02 Å². The van der Waals surface area contributed by atoms with Gasteiger partial charge in [0.15, 0.2) is 0 Å². The van der Waals surface area contributed by atoms with Gasteiger partial charge >= 0.3 is 0 Å². The highest BCUT2D eigenvalue weighted by atomic mass is 79.9. The average Bonchev–Trinajstić information content (AvgIpc) is 3.09. The minimum absolute atomic E-state index is 0.139. The maximum atomic E-state index is 12.8. The summed E-state index contributed by atoms with van der Waals surface area (Å²) >= 11 is 9.33. The Bertz CT molecular complexity index is 437. The van der Waals surface area contributed by atoms with Crippen LogP contribution in [0.4, 0.5) is 4.39 Å². The quantitative estimate of drug-likeness (QED) is 0.847. The standard InChI is InChI=1S/C12H12BrClFNO/c13-10(7-1-2-7)6-16-12(17)9-4-3-8(15)5-11(9)14/h3-5,7,10H,1-2,6H2,(H,16,17). The summed E-state index contributed by atoms with van der Waals surface area (Å²) in [6.07, 6.45) is 2.42. The first-order chi connectivity index (χ1) is 8.08. The molecule has 0 aromatic heterocycles. The molecule has 0 radical (unpaired) electrons. The smallest absolute Gasteiger partial charge is 0.252 e. The zero-order valence-electron chi connectivity index (χ0n) is 9.05. The van der Waals surface area contributed by atoms with Gasteiger partial charge in [-0.1, -0.05) is 27.5 Å². The predicted molar refractivity (Wildman–Crippen MR) is 69.2 cm³/mol. The van der Waals surface area contributed by atoms with Crippen LogP contribution in [0.5, 0.6) is 0 Å². The Balaban J connectivity index is 1.94. The molecule has 0 saturated heterocycles. The highest BCUT2D eigenvalue weighted by molar-refractivity contribution is 9.09. The SMILES string of the molecule is O=C(NCC(Br)C1CC1)c1ccc(F)cc1Cl. The summed E-state index contributed by atoms with van der Waals surface area (Å²) in [6.45, 7) is 0.567. The molecular weight excluding hydrogens is 308 g/mol. The van der Waals surface area contributed by atoms with Gasteiger partial charge in [-0.05, 0) is 37.0 Å². The van der Waals surface area contributed by atoms with E-state index in [1.54, 1.807) is 0 Å². The van der Waals surface area contributed by atoms with Crippen LogP contribution in [0.15, 0.2) is 18.2 Å². The molecule has 2 rings (SSSR count). The van der Waals surface area contributed by atoms with E-state index in [4.69, 9.17) is 11.6 Å². The van der Waals surface area contributed by atoms with Gasteiger partial charge in [0.25, 0.3) is 5.91 Å². The van der Waals surface area contributed by atoms with Gasteiger partial charge in [-0.2, -0.15) is 0 Å². The molecule has 1 aromatic rings. The van der Waals surface area contributed by atoms with Crippen molar-refractivity contribution in [3.05, 3.63) is 34.6 Å². The largest absolute Gasteiger partial charge is 0.351 e. The minimum Gasteiger partial charge on any atom is -0.351 e. The molecule has 1 N–H and O–H groups in total. The number of amides is 1. The molecule has 1 unspecified atom stereocenters. The van der Waals surface area contributed by atoms with Crippen LogP contribution in [0.25, 0.3) is 0 Å². The van der Waals surface area contributed by atoms with E-state index >= 15 is 0 Å². The summed E-state index contributed by atoms with van der Waals surface area (Å²) in [5.41, 5.74) is 0.309. The third-order valence-corrected chi connectivity index (χ3v) is 4.15. The number of rotatable bonds is 4. The van der Waals surface area contributed by atoms with E-state index in [0.29, 0.717) is 22.9 Å². The van der Waals surface area contributed by atoms with Crippen molar-refractivity contribution in [3.63, 3.8) is 0 Å². The van der Waals surface area contributed by atoms with Crippen LogP contribution in [0.1, 0.15) is 23.2 Å². The summed E-state index contributed by atoms with van der Waals surface area (Å²) < 4.78 is 12.8. The fourth-order valence-corrected chi connectivity index (χ4v) is 2.53. The van der Waals surface area contributed by atoms with Crippen molar-refractivity contribution >= 4 is 33.4 Å². The van der Waals surface area contributed by atoms with Crippen molar-refractivity contribution in [2.75, 3.05) is 6.54 Å². The molecule has 1 aliphatic rings. The second kappa shape index (κ2) is 5.36. The van der Waals surface area contributed by atoms with Gasteiger partial charge in [0.2, 0.25) is 0 Å². The number of nitrogens with one attached hydrogen (secondary N) is 1. The number of carbonyl (C=O) groups is 1. The number of hydrogen-bond donors (Lipinski definition) is 1. The zero-order valence-corrected chi connectivity index (χ0v) is 11.4. The third kappa shape index (κ3) is 3.42. The Hall–Kier alpha value is -0.610. The van der Waals surface area contributed by atoms with Crippen molar-refractivity contribution in [1.29, 1.82) is 0 Å². The van der Waals surface area contributed by atoms with Crippen molar-refractivity contribution in [1.82, 2.24) is 5.32 Å². The number of hydrogen-bond acceptors (Lipinski definition) is 1. The van der Waals surface area contributed by atoms with Crippen molar-refractivity contribution in [2.45, 2.75) is 17.7 Å². The molecule has 0 heterocycles. The Labute approximate surface area is 113 Å². The van der Waals surface area contributed by atoms with E-state index in [1.807, 2.05) is 0 Å². The summed E-state index contributed by atoms with van der Waals surface area (Å²) in [5, 5.41) is 2.93. The summed E-state index contributed by atoms with van der Waals surface area (Å²) in [6, 6.07) is 3.77. The van der Waals surface area contributed by atoms with Gasteiger partial charge < -0.3 is 5.32 Å². The van der Waals surface area contributed by atoms with Gasteiger partial charge in [-0.15, -0.1) is 0 Å². The molecule has 5 heteroatoms. The van der Waals surface area contributed by atoms with Crippen LogP contribution < -0.4 is 5.32 Å². The summed E-state index contributed by atoms with van der Waals surface area (Å²) in [7, 11) is 0. The summed E-state index contributed by atoms with van der Waals surface area (Å²) in [5.74, 6) is -0.0398. The normalized spacial score (nSPS) is 16.6. The molecule has 1 saturated carbocycles. The van der Waals surface area contributed by atoms with Crippen molar-refractivity contribution in [3.8, 4) is 0 Å². The highest BCUT2D eigenvalue weighted by Crippen LogP contribution is 2.36. The van der Waals surface area contributed by atoms with E-state index < -0.39 is 5.82 Å². The highest BCUT2D eigenvalue weighted by Gasteiger charge is 2.29. The molecule has 92 valence electrons. The van der Waals surface area contributed by atoms with Crippen LogP contribution in [-0.2, 0) is 0 Å². The van der Waals surface area contributed by atoms with Crippen molar-refractivity contribution < 1.29 is 9.18 Å². The molecule has 1 fully saturated rings. The molecule has 2 nitrogen and oxygen atoms in total. The number of alkyl halides is 1. The summed E-state index contributed by atoms with van der Waals surface area (Å²) in [4.78, 5) is 12.1. The maximum Gasteiger partial charge on any atom is 0.252 e.